The van der Waals surface area contributed by atoms with Crippen molar-refractivity contribution in [2.75, 3.05) is 11.1 Å². The van der Waals surface area contributed by atoms with E-state index >= 15 is 0 Å². The lowest BCUT2D eigenvalue weighted by Gasteiger charge is -2.10. The maximum Gasteiger partial charge on any atom is 0.256 e. The highest BCUT2D eigenvalue weighted by atomic mass is 32.1. The fourth-order valence-corrected chi connectivity index (χ4v) is 3.13. The Bertz CT molecular complexity index is 836. The second kappa shape index (κ2) is 5.22. The lowest BCUT2D eigenvalue weighted by Crippen LogP contribution is -2.14. The van der Waals surface area contributed by atoms with Gasteiger partial charge in [0.25, 0.3) is 5.91 Å². The van der Waals surface area contributed by atoms with E-state index in [1.54, 1.807) is 17.4 Å². The van der Waals surface area contributed by atoms with Crippen LogP contribution in [0.25, 0.3) is 10.1 Å². The number of nitrogens with one attached hydrogen (secondary N) is 1. The summed E-state index contributed by atoms with van der Waals surface area (Å²) in [4.78, 5) is 12.4. The van der Waals surface area contributed by atoms with E-state index in [1.165, 1.54) is 4.70 Å². The van der Waals surface area contributed by atoms with Crippen molar-refractivity contribution in [2.45, 2.75) is 13.8 Å². The SMILES string of the molecule is Cc1cc(C)c(C(=O)Nc2ccc3sccc3c2)cc1N. The van der Waals surface area contributed by atoms with Crippen LogP contribution in [0.2, 0.25) is 0 Å². The van der Waals surface area contributed by atoms with Crippen LogP contribution in [0.5, 0.6) is 0 Å². The van der Waals surface area contributed by atoms with Crippen molar-refractivity contribution < 1.29 is 4.79 Å². The summed E-state index contributed by atoms with van der Waals surface area (Å²) >= 11 is 1.69. The molecule has 1 heterocycles. The standard InChI is InChI=1S/C17H16N2OS/c1-10-7-11(2)15(18)9-14(10)17(20)19-13-3-4-16-12(8-13)5-6-21-16/h3-9H,18H2,1-2H3,(H,19,20). The third-order valence-corrected chi connectivity index (χ3v) is 4.47. The Morgan fingerprint density at radius 2 is 1.90 bits per heavy atom. The van der Waals surface area contributed by atoms with Crippen LogP contribution < -0.4 is 11.1 Å². The number of nitrogens with two attached hydrogens (primary N) is 1. The highest BCUT2D eigenvalue weighted by Gasteiger charge is 2.11. The van der Waals surface area contributed by atoms with Gasteiger partial charge >= 0.3 is 0 Å². The van der Waals surface area contributed by atoms with Crippen molar-refractivity contribution in [1.82, 2.24) is 0 Å². The zero-order chi connectivity index (χ0) is 15.0. The number of fused-ring (bicyclic) bond motifs is 1. The maximum absolute atomic E-state index is 12.4. The molecule has 106 valence electrons. The van der Waals surface area contributed by atoms with Crippen LogP contribution >= 0.6 is 11.3 Å². The van der Waals surface area contributed by atoms with E-state index in [2.05, 4.69) is 5.32 Å². The Balaban J connectivity index is 1.90. The number of rotatable bonds is 2. The molecular weight excluding hydrogens is 280 g/mol. The topological polar surface area (TPSA) is 55.1 Å². The van der Waals surface area contributed by atoms with Gasteiger partial charge in [0.05, 0.1) is 0 Å². The van der Waals surface area contributed by atoms with Crippen LogP contribution in [-0.2, 0) is 0 Å². The number of hydrogen-bond donors (Lipinski definition) is 2. The smallest absolute Gasteiger partial charge is 0.256 e. The zero-order valence-electron chi connectivity index (χ0n) is 11.9. The second-order valence-electron chi connectivity index (χ2n) is 5.15. The summed E-state index contributed by atoms with van der Waals surface area (Å²) in [7, 11) is 0. The molecule has 0 fully saturated rings. The molecule has 0 aliphatic rings. The molecule has 3 nitrogen and oxygen atoms in total. The Kier molecular flexibility index (Phi) is 3.39. The molecule has 0 saturated carbocycles. The monoisotopic (exact) mass is 296 g/mol. The van der Waals surface area contributed by atoms with Crippen LogP contribution in [0.15, 0.2) is 41.8 Å². The van der Waals surface area contributed by atoms with Gasteiger partial charge in [-0.25, -0.2) is 0 Å². The molecule has 1 aromatic heterocycles. The number of anilines is 2. The average molecular weight is 296 g/mol. The zero-order valence-corrected chi connectivity index (χ0v) is 12.8. The molecule has 3 N–H and O–H groups in total. The van der Waals surface area contributed by atoms with Crippen LogP contribution in [0.4, 0.5) is 11.4 Å². The van der Waals surface area contributed by atoms with Crippen molar-refractivity contribution in [1.29, 1.82) is 0 Å². The summed E-state index contributed by atoms with van der Waals surface area (Å²) < 4.78 is 1.21. The minimum atomic E-state index is -0.131. The number of benzene rings is 2. The highest BCUT2D eigenvalue weighted by molar-refractivity contribution is 7.17. The highest BCUT2D eigenvalue weighted by Crippen LogP contribution is 2.25. The first-order valence-corrected chi connectivity index (χ1v) is 7.58. The molecule has 1 amide bonds. The van der Waals surface area contributed by atoms with E-state index in [-0.39, 0.29) is 5.91 Å². The van der Waals surface area contributed by atoms with Crippen molar-refractivity contribution in [2.24, 2.45) is 0 Å². The summed E-state index contributed by atoms with van der Waals surface area (Å²) in [5, 5.41) is 6.12. The lowest BCUT2D eigenvalue weighted by atomic mass is 10.0. The number of carbonyl (C=O) groups is 1. The summed E-state index contributed by atoms with van der Waals surface area (Å²) in [6, 6.07) is 11.6. The summed E-state index contributed by atoms with van der Waals surface area (Å²) in [6.45, 7) is 3.86. The van der Waals surface area contributed by atoms with Gasteiger partial charge in [-0.15, -0.1) is 11.3 Å². The summed E-state index contributed by atoms with van der Waals surface area (Å²) in [5.74, 6) is -0.131. The first-order valence-electron chi connectivity index (χ1n) is 6.70. The largest absolute Gasteiger partial charge is 0.398 e. The first-order chi connectivity index (χ1) is 10.0. The predicted octanol–water partition coefficient (Wildman–Crippen LogP) is 4.35. The van der Waals surface area contributed by atoms with E-state index in [1.807, 2.05) is 49.6 Å². The molecule has 0 atom stereocenters. The molecule has 21 heavy (non-hydrogen) atoms. The summed E-state index contributed by atoms with van der Waals surface area (Å²) in [6.07, 6.45) is 0. The minimum Gasteiger partial charge on any atom is -0.398 e. The molecule has 0 aliphatic carbocycles. The maximum atomic E-state index is 12.4. The molecule has 0 unspecified atom stereocenters. The van der Waals surface area contributed by atoms with E-state index in [0.29, 0.717) is 11.3 Å². The van der Waals surface area contributed by atoms with Crippen LogP contribution in [0.3, 0.4) is 0 Å². The van der Waals surface area contributed by atoms with Gasteiger partial charge in [0.1, 0.15) is 0 Å². The van der Waals surface area contributed by atoms with Gasteiger partial charge in [-0.2, -0.15) is 0 Å². The predicted molar refractivity (Wildman–Crippen MR) is 90.1 cm³/mol. The second-order valence-corrected chi connectivity index (χ2v) is 6.10. The van der Waals surface area contributed by atoms with Crippen molar-refractivity contribution in [3.63, 3.8) is 0 Å². The third-order valence-electron chi connectivity index (χ3n) is 3.57. The van der Waals surface area contributed by atoms with E-state index in [0.717, 1.165) is 22.2 Å². The first kappa shape index (κ1) is 13.6. The van der Waals surface area contributed by atoms with Crippen LogP contribution in [-0.4, -0.2) is 5.91 Å². The fourth-order valence-electron chi connectivity index (χ4n) is 2.36. The Morgan fingerprint density at radius 1 is 1.10 bits per heavy atom. The average Bonchev–Trinajstić information content (AvgIpc) is 2.90. The van der Waals surface area contributed by atoms with Crippen LogP contribution in [0, 0.1) is 13.8 Å². The molecule has 3 aromatic rings. The number of nitrogen functional groups attached to an aromatic ring is 1. The Morgan fingerprint density at radius 3 is 2.71 bits per heavy atom. The van der Waals surface area contributed by atoms with Crippen LogP contribution in [0.1, 0.15) is 21.5 Å². The number of carbonyl (C=O) groups excluding carboxylic acids is 1. The van der Waals surface area contributed by atoms with E-state index < -0.39 is 0 Å². The van der Waals surface area contributed by atoms with Gasteiger partial charge in [0, 0.05) is 21.6 Å². The van der Waals surface area contributed by atoms with Crippen molar-refractivity contribution in [3.05, 3.63) is 58.5 Å². The Hall–Kier alpha value is -2.33. The van der Waals surface area contributed by atoms with Crippen molar-refractivity contribution >= 4 is 38.7 Å². The number of amides is 1. The normalized spacial score (nSPS) is 10.8. The molecular formula is C17H16N2OS. The molecule has 0 spiro atoms. The molecule has 3 rings (SSSR count). The fraction of sp³-hybridized carbons (Fsp3) is 0.118. The van der Waals surface area contributed by atoms with Gasteiger partial charge in [0.15, 0.2) is 0 Å². The molecule has 4 heteroatoms. The van der Waals surface area contributed by atoms with E-state index in [4.69, 9.17) is 5.73 Å². The van der Waals surface area contributed by atoms with Gasteiger partial charge in [0.2, 0.25) is 0 Å². The lowest BCUT2D eigenvalue weighted by molar-refractivity contribution is 0.102. The molecule has 2 aromatic carbocycles. The third kappa shape index (κ3) is 2.62. The van der Waals surface area contributed by atoms with Gasteiger partial charge in [-0.05, 0) is 66.1 Å². The quantitative estimate of drug-likeness (QED) is 0.691. The minimum absolute atomic E-state index is 0.131. The van der Waals surface area contributed by atoms with Gasteiger partial charge < -0.3 is 11.1 Å². The van der Waals surface area contributed by atoms with Gasteiger partial charge in [-0.3, -0.25) is 4.79 Å². The summed E-state index contributed by atoms with van der Waals surface area (Å²) in [5.41, 5.74) is 9.87. The van der Waals surface area contributed by atoms with Crippen molar-refractivity contribution in [3.8, 4) is 0 Å². The number of hydrogen-bond acceptors (Lipinski definition) is 3. The molecule has 0 bridgehead atoms. The van der Waals surface area contributed by atoms with Gasteiger partial charge in [-0.1, -0.05) is 6.07 Å². The molecule has 0 radical (unpaired) electrons. The number of aryl methyl sites for hydroxylation is 2. The number of thiophene rings is 1. The molecule has 0 aliphatic heterocycles. The molecule has 0 saturated heterocycles. The van der Waals surface area contributed by atoms with E-state index in [9.17, 15) is 4.79 Å². The Labute approximate surface area is 127 Å².